The first-order valence-corrected chi connectivity index (χ1v) is 8.53. The second-order valence-electron chi connectivity index (χ2n) is 3.67. The molecule has 2 atom stereocenters. The Morgan fingerprint density at radius 1 is 1.19 bits per heavy atom. The molecule has 0 fully saturated rings. The third kappa shape index (κ3) is 5.66. The van der Waals surface area contributed by atoms with E-state index in [1.54, 1.807) is 0 Å². The van der Waals surface area contributed by atoms with Gasteiger partial charge in [-0.25, -0.2) is 0 Å². The summed E-state index contributed by atoms with van der Waals surface area (Å²) in [6.45, 7) is 1.13. The molecule has 0 N–H and O–H groups in total. The number of hydrogen-bond donors (Lipinski definition) is 0. The Labute approximate surface area is 131 Å². The molecule has 0 aliphatic rings. The molecule has 0 amide bonds. The molecule has 2 unspecified atom stereocenters. The molecule has 0 aliphatic heterocycles. The summed E-state index contributed by atoms with van der Waals surface area (Å²) in [5.41, 5.74) is -4.47. The molecule has 1 aromatic rings. The minimum atomic E-state index is -4.71. The largest absolute Gasteiger partial charge is 0.615 e. The summed E-state index contributed by atoms with van der Waals surface area (Å²) in [5, 5.41) is 4.51. The minimum absolute atomic E-state index is 0.113. The highest BCUT2D eigenvalue weighted by Crippen LogP contribution is 2.41. The Morgan fingerprint density at radius 2 is 1.71 bits per heavy atom. The Bertz CT molecular complexity index is 477. The molecule has 0 aromatic carbocycles. The molecule has 0 bridgehead atoms. The van der Waals surface area contributed by atoms with Crippen molar-refractivity contribution in [1.82, 2.24) is 10.2 Å². The van der Waals surface area contributed by atoms with Gasteiger partial charge in [-0.05, 0) is 22.9 Å². The lowest BCUT2D eigenvalue weighted by atomic mass is 10.5. The molecule has 21 heavy (non-hydrogen) atoms. The van der Waals surface area contributed by atoms with Gasteiger partial charge in [0.15, 0.2) is 5.01 Å². The number of aromatic nitrogens is 2. The first kappa shape index (κ1) is 19.1. The van der Waals surface area contributed by atoms with Gasteiger partial charge in [0.1, 0.15) is 5.75 Å². The maximum absolute atomic E-state index is 12.4. The summed E-state index contributed by atoms with van der Waals surface area (Å²) in [6.07, 6.45) is -4.71. The van der Waals surface area contributed by atoms with Crippen molar-refractivity contribution in [1.29, 1.82) is 0 Å². The summed E-state index contributed by atoms with van der Waals surface area (Å²) >= 11 is 3.56. The van der Waals surface area contributed by atoms with Crippen LogP contribution in [0.5, 0.6) is 0 Å². The van der Waals surface area contributed by atoms with Crippen LogP contribution in [0.25, 0.3) is 0 Å². The van der Waals surface area contributed by atoms with Crippen LogP contribution in [-0.4, -0.2) is 31.8 Å². The molecule has 1 rings (SSSR count). The fraction of sp³-hybridized carbons (Fsp3) is 0.750. The van der Waals surface area contributed by atoms with Crippen molar-refractivity contribution >= 4 is 45.9 Å². The summed E-state index contributed by atoms with van der Waals surface area (Å²) < 4.78 is 83.0. The zero-order valence-electron chi connectivity index (χ0n) is 10.1. The zero-order valence-corrected chi connectivity index (χ0v) is 13.3. The first-order valence-electron chi connectivity index (χ1n) is 5.03. The van der Waals surface area contributed by atoms with Crippen molar-refractivity contribution in [3.63, 3.8) is 0 Å². The number of thioether (sulfide) groups is 1. The zero-order chi connectivity index (χ0) is 16.5. The van der Waals surface area contributed by atoms with E-state index in [0.717, 1.165) is 6.92 Å². The highest BCUT2D eigenvalue weighted by Gasteiger charge is 2.44. The van der Waals surface area contributed by atoms with Crippen LogP contribution in [0.1, 0.15) is 16.9 Å². The lowest BCUT2D eigenvalue weighted by Crippen LogP contribution is -2.30. The van der Waals surface area contributed by atoms with Gasteiger partial charge >= 0.3 is 11.7 Å². The Morgan fingerprint density at radius 3 is 2.14 bits per heavy atom. The molecule has 0 aliphatic carbocycles. The molecule has 0 saturated carbocycles. The fourth-order valence-corrected chi connectivity index (χ4v) is 4.26. The molecule has 0 saturated heterocycles. The number of hydrogen-bond acceptors (Lipinski definition) is 5. The van der Waals surface area contributed by atoms with Gasteiger partial charge in [0.05, 0.1) is 0 Å². The Kier molecular flexibility index (Phi) is 6.09. The van der Waals surface area contributed by atoms with Gasteiger partial charge in [0.25, 0.3) is 0 Å². The summed E-state index contributed by atoms with van der Waals surface area (Å²) in [4.78, 5) is 0. The van der Waals surface area contributed by atoms with E-state index < -0.39 is 43.6 Å². The molecule has 122 valence electrons. The monoisotopic (exact) mass is 392 g/mol. The lowest BCUT2D eigenvalue weighted by Gasteiger charge is -2.23. The van der Waals surface area contributed by atoms with E-state index in [4.69, 9.17) is 11.6 Å². The van der Waals surface area contributed by atoms with Crippen molar-refractivity contribution in [3.8, 4) is 0 Å². The third-order valence-electron chi connectivity index (χ3n) is 2.01. The van der Waals surface area contributed by atoms with Crippen LogP contribution >= 0.6 is 34.7 Å². The molecule has 1 aromatic heterocycles. The molecule has 0 spiro atoms. The molecular weight excluding hydrogens is 386 g/mol. The molecule has 13 heteroatoms. The summed E-state index contributed by atoms with van der Waals surface area (Å²) in [5.74, 6) is -0.964. The number of rotatable bonds is 5. The topological polar surface area (TPSA) is 48.8 Å². The quantitative estimate of drug-likeness (QED) is 0.432. The molecule has 0 radical (unpaired) electrons. The van der Waals surface area contributed by atoms with Crippen LogP contribution < -0.4 is 0 Å². The average Bonchev–Trinajstić information content (AvgIpc) is 2.76. The lowest BCUT2D eigenvalue weighted by molar-refractivity contribution is -0.138. The average molecular weight is 393 g/mol. The Hall–Kier alpha value is 0.0900. The SMILES string of the molecule is CC(Cl)(c1nnc(C(F)(F)F)s1)[S+]([O-])CCSC(F)(F)F. The van der Waals surface area contributed by atoms with Crippen LogP contribution in [0.15, 0.2) is 0 Å². The smallest absolute Gasteiger partial charge is 0.445 e. The number of alkyl halides is 7. The van der Waals surface area contributed by atoms with Crippen LogP contribution in [0.2, 0.25) is 0 Å². The second-order valence-corrected chi connectivity index (χ2v) is 8.70. The van der Waals surface area contributed by atoms with Crippen molar-refractivity contribution in [2.24, 2.45) is 0 Å². The van der Waals surface area contributed by atoms with E-state index in [1.807, 2.05) is 0 Å². The highest BCUT2D eigenvalue weighted by atomic mass is 35.5. The minimum Gasteiger partial charge on any atom is -0.615 e. The van der Waals surface area contributed by atoms with E-state index in [0.29, 0.717) is 0 Å². The van der Waals surface area contributed by atoms with Crippen molar-refractivity contribution in [2.75, 3.05) is 11.5 Å². The second kappa shape index (κ2) is 6.69. The van der Waals surface area contributed by atoms with Crippen LogP contribution in [0, 0.1) is 0 Å². The predicted molar refractivity (Wildman–Crippen MR) is 69.6 cm³/mol. The maximum atomic E-state index is 12.4. The van der Waals surface area contributed by atoms with Crippen LogP contribution in [-0.2, 0) is 21.6 Å². The van der Waals surface area contributed by atoms with Crippen LogP contribution in [0.3, 0.4) is 0 Å². The van der Waals surface area contributed by atoms with E-state index in [-0.39, 0.29) is 28.1 Å². The predicted octanol–water partition coefficient (Wildman–Crippen LogP) is 3.97. The van der Waals surface area contributed by atoms with Crippen molar-refractivity contribution in [3.05, 3.63) is 10.0 Å². The highest BCUT2D eigenvalue weighted by molar-refractivity contribution is 8.01. The maximum Gasteiger partial charge on any atom is 0.445 e. The molecule has 1 heterocycles. The van der Waals surface area contributed by atoms with E-state index >= 15 is 0 Å². The van der Waals surface area contributed by atoms with Crippen molar-refractivity contribution in [2.45, 2.75) is 22.8 Å². The van der Waals surface area contributed by atoms with E-state index in [1.165, 1.54) is 0 Å². The van der Waals surface area contributed by atoms with Gasteiger partial charge in [-0.15, -0.1) is 10.2 Å². The van der Waals surface area contributed by atoms with Crippen molar-refractivity contribution < 1.29 is 30.9 Å². The molecular formula is C8H7ClF6N2OS3. The Balaban J connectivity index is 2.73. The normalized spacial score (nSPS) is 17.6. The van der Waals surface area contributed by atoms with E-state index in [9.17, 15) is 30.9 Å². The van der Waals surface area contributed by atoms with Crippen LogP contribution in [0.4, 0.5) is 26.3 Å². The van der Waals surface area contributed by atoms with Gasteiger partial charge in [0.2, 0.25) is 9.21 Å². The van der Waals surface area contributed by atoms with Gasteiger partial charge in [-0.2, -0.15) is 26.3 Å². The fourth-order valence-electron chi connectivity index (χ4n) is 1.04. The van der Waals surface area contributed by atoms with Gasteiger partial charge < -0.3 is 4.55 Å². The van der Waals surface area contributed by atoms with Gasteiger partial charge in [-0.1, -0.05) is 22.9 Å². The summed E-state index contributed by atoms with van der Waals surface area (Å²) in [7, 11) is 0. The van der Waals surface area contributed by atoms with Gasteiger partial charge in [0, 0.05) is 12.7 Å². The van der Waals surface area contributed by atoms with E-state index in [2.05, 4.69) is 10.2 Å². The first-order chi connectivity index (χ1) is 9.34. The molecule has 3 nitrogen and oxygen atoms in total. The standard InChI is InChI=1S/C8H7ClF6N2OS3/c1-6(9,21(18)3-2-19-8(13,14)15)4-16-17-5(20-4)7(10,11)12/h2-3H2,1H3. The third-order valence-corrected chi connectivity index (χ3v) is 6.76. The van der Waals surface area contributed by atoms with Gasteiger partial charge in [-0.3, -0.25) is 0 Å². The summed E-state index contributed by atoms with van der Waals surface area (Å²) in [6, 6.07) is 0. The number of nitrogens with zero attached hydrogens (tertiary/aromatic N) is 2. The number of halogens is 7.